The predicted octanol–water partition coefficient (Wildman–Crippen LogP) is 8.45. The van der Waals surface area contributed by atoms with Crippen LogP contribution in [0.3, 0.4) is 0 Å². The molecule has 3 nitrogen and oxygen atoms in total. The molecular weight excluding hydrogens is 406 g/mol. The van der Waals surface area contributed by atoms with Crippen molar-refractivity contribution < 1.29 is 13.5 Å². The van der Waals surface area contributed by atoms with Gasteiger partial charge in [-0.25, -0.2) is 14.4 Å². The summed E-state index contributed by atoms with van der Waals surface area (Å²) in [6.07, 6.45) is 19.8. The zero-order valence-corrected chi connectivity index (χ0v) is 20.0. The summed E-state index contributed by atoms with van der Waals surface area (Å²) in [4.78, 5) is 8.53. The molecule has 0 atom stereocenters. The topological polar surface area (TPSA) is 35.0 Å². The Morgan fingerprint density at radius 2 is 1.25 bits per heavy atom. The Labute approximate surface area is 193 Å². The van der Waals surface area contributed by atoms with Crippen molar-refractivity contribution in [2.75, 3.05) is 6.61 Å². The van der Waals surface area contributed by atoms with Crippen LogP contribution in [0.5, 0.6) is 5.75 Å². The second-order valence-corrected chi connectivity index (χ2v) is 8.64. The zero-order valence-electron chi connectivity index (χ0n) is 20.0. The highest BCUT2D eigenvalue weighted by Gasteiger charge is 2.17. The lowest BCUT2D eigenvalue weighted by atomic mass is 10.1. The van der Waals surface area contributed by atoms with E-state index >= 15 is 0 Å². The van der Waals surface area contributed by atoms with E-state index in [9.17, 15) is 8.78 Å². The van der Waals surface area contributed by atoms with Gasteiger partial charge < -0.3 is 4.74 Å². The van der Waals surface area contributed by atoms with E-state index in [0.29, 0.717) is 6.61 Å². The highest BCUT2D eigenvalue weighted by atomic mass is 19.2. The first-order valence-electron chi connectivity index (χ1n) is 12.6. The standard InChI is InChI=1S/C27H40F2N2O/c1-3-5-7-9-11-13-15-19-32-24-18-17-23(25(28)26(24)29)27-30-20-22(21-31-27)16-14-12-10-8-6-4-2/h17-18,20-21H,3-16,19H2,1-2H3. The summed E-state index contributed by atoms with van der Waals surface area (Å²) in [5.74, 6) is -1.76. The van der Waals surface area contributed by atoms with Gasteiger partial charge in [0.1, 0.15) is 0 Å². The van der Waals surface area contributed by atoms with E-state index in [1.807, 2.05) is 0 Å². The smallest absolute Gasteiger partial charge is 0.201 e. The monoisotopic (exact) mass is 446 g/mol. The lowest BCUT2D eigenvalue weighted by molar-refractivity contribution is 0.285. The molecule has 0 unspecified atom stereocenters. The average molecular weight is 447 g/mol. The minimum absolute atomic E-state index is 0.0445. The van der Waals surface area contributed by atoms with Crippen molar-refractivity contribution in [1.29, 1.82) is 0 Å². The van der Waals surface area contributed by atoms with Crippen molar-refractivity contribution in [3.8, 4) is 17.1 Å². The maximum atomic E-state index is 14.6. The largest absolute Gasteiger partial charge is 0.490 e. The van der Waals surface area contributed by atoms with Gasteiger partial charge in [0.15, 0.2) is 17.4 Å². The molecule has 0 aliphatic carbocycles. The van der Waals surface area contributed by atoms with Crippen molar-refractivity contribution in [3.05, 3.63) is 41.7 Å². The number of hydrogen-bond acceptors (Lipinski definition) is 3. The van der Waals surface area contributed by atoms with Gasteiger partial charge >= 0.3 is 0 Å². The highest BCUT2D eigenvalue weighted by molar-refractivity contribution is 5.57. The Bertz CT molecular complexity index is 765. The van der Waals surface area contributed by atoms with Gasteiger partial charge in [-0.2, -0.15) is 4.39 Å². The summed E-state index contributed by atoms with van der Waals surface area (Å²) < 4.78 is 34.6. The van der Waals surface area contributed by atoms with Crippen molar-refractivity contribution in [2.24, 2.45) is 0 Å². The number of benzene rings is 1. The van der Waals surface area contributed by atoms with Crippen LogP contribution in [0.1, 0.15) is 103 Å². The number of nitrogens with zero attached hydrogens (tertiary/aromatic N) is 2. The third kappa shape index (κ3) is 9.22. The van der Waals surface area contributed by atoms with Crippen LogP contribution >= 0.6 is 0 Å². The fourth-order valence-corrected chi connectivity index (χ4v) is 3.79. The van der Waals surface area contributed by atoms with E-state index in [2.05, 4.69) is 23.8 Å². The summed E-state index contributed by atoms with van der Waals surface area (Å²) in [5, 5.41) is 0. The van der Waals surface area contributed by atoms with Gasteiger partial charge in [-0.05, 0) is 37.0 Å². The molecule has 1 aromatic heterocycles. The minimum atomic E-state index is -0.967. The van der Waals surface area contributed by atoms with Crippen LogP contribution in [0, 0.1) is 11.6 Å². The number of aromatic nitrogens is 2. The highest BCUT2D eigenvalue weighted by Crippen LogP contribution is 2.28. The summed E-state index contributed by atoms with van der Waals surface area (Å²) >= 11 is 0. The number of unbranched alkanes of at least 4 members (excludes halogenated alkanes) is 11. The zero-order chi connectivity index (χ0) is 23.0. The predicted molar refractivity (Wildman–Crippen MR) is 128 cm³/mol. The summed E-state index contributed by atoms with van der Waals surface area (Å²) in [6, 6.07) is 2.98. The molecule has 0 aliphatic heterocycles. The summed E-state index contributed by atoms with van der Waals surface area (Å²) in [7, 11) is 0. The molecule has 1 aromatic carbocycles. The Morgan fingerprint density at radius 1 is 0.688 bits per heavy atom. The number of aryl methyl sites for hydroxylation is 1. The first-order chi connectivity index (χ1) is 15.7. The van der Waals surface area contributed by atoms with E-state index in [4.69, 9.17) is 4.74 Å². The maximum absolute atomic E-state index is 14.6. The molecule has 1 heterocycles. The second kappa shape index (κ2) is 15.7. The van der Waals surface area contributed by atoms with E-state index in [1.54, 1.807) is 12.4 Å². The van der Waals surface area contributed by atoms with Crippen LogP contribution in [-0.2, 0) is 6.42 Å². The SMILES string of the molecule is CCCCCCCCCOc1ccc(-c2ncc(CCCCCCCC)cn2)c(F)c1F. The first-order valence-corrected chi connectivity index (χ1v) is 12.6. The lowest BCUT2D eigenvalue weighted by Gasteiger charge is -2.10. The lowest BCUT2D eigenvalue weighted by Crippen LogP contribution is -2.03. The minimum Gasteiger partial charge on any atom is -0.490 e. The molecule has 5 heteroatoms. The van der Waals surface area contributed by atoms with E-state index in [-0.39, 0.29) is 17.1 Å². The molecule has 2 rings (SSSR count). The van der Waals surface area contributed by atoms with Crippen LogP contribution < -0.4 is 4.74 Å². The molecule has 178 valence electrons. The Morgan fingerprint density at radius 3 is 1.88 bits per heavy atom. The quantitative estimate of drug-likeness (QED) is 0.229. The van der Waals surface area contributed by atoms with Gasteiger partial charge in [-0.1, -0.05) is 84.5 Å². The summed E-state index contributed by atoms with van der Waals surface area (Å²) in [6.45, 7) is 4.81. The number of halogens is 2. The number of ether oxygens (including phenoxy) is 1. The average Bonchev–Trinajstić information content (AvgIpc) is 2.81. The molecule has 2 aromatic rings. The molecule has 0 aliphatic rings. The Balaban J connectivity index is 1.80. The molecule has 0 saturated heterocycles. The van der Waals surface area contributed by atoms with E-state index in [0.717, 1.165) is 37.7 Å². The molecule has 32 heavy (non-hydrogen) atoms. The molecule has 0 spiro atoms. The fourth-order valence-electron chi connectivity index (χ4n) is 3.79. The van der Waals surface area contributed by atoms with E-state index in [1.165, 1.54) is 69.9 Å². The van der Waals surface area contributed by atoms with Crippen LogP contribution in [-0.4, -0.2) is 16.6 Å². The fraction of sp³-hybridized carbons (Fsp3) is 0.630. The van der Waals surface area contributed by atoms with E-state index < -0.39 is 11.6 Å². The third-order valence-electron chi connectivity index (χ3n) is 5.82. The first kappa shape index (κ1) is 26.2. The molecule has 0 radical (unpaired) electrons. The van der Waals surface area contributed by atoms with Gasteiger partial charge in [-0.3, -0.25) is 0 Å². The molecule has 0 amide bonds. The molecule has 0 bridgehead atoms. The van der Waals surface area contributed by atoms with Crippen LogP contribution in [0.15, 0.2) is 24.5 Å². The maximum Gasteiger partial charge on any atom is 0.201 e. The molecule has 0 N–H and O–H groups in total. The van der Waals surface area contributed by atoms with Gasteiger partial charge in [0.2, 0.25) is 5.82 Å². The molecule has 0 fully saturated rings. The normalized spacial score (nSPS) is 11.1. The Hall–Kier alpha value is -2.04. The van der Waals surface area contributed by atoms with Crippen LogP contribution in [0.4, 0.5) is 8.78 Å². The molecular formula is C27H40F2N2O. The second-order valence-electron chi connectivity index (χ2n) is 8.64. The summed E-state index contributed by atoms with van der Waals surface area (Å²) in [5.41, 5.74) is 1.09. The van der Waals surface area contributed by atoms with Gasteiger partial charge in [0, 0.05) is 12.4 Å². The molecule has 0 saturated carbocycles. The third-order valence-corrected chi connectivity index (χ3v) is 5.82. The van der Waals surface area contributed by atoms with Gasteiger partial charge in [0.05, 0.1) is 12.2 Å². The number of rotatable bonds is 17. The van der Waals surface area contributed by atoms with Crippen LogP contribution in [0.2, 0.25) is 0 Å². The number of hydrogen-bond donors (Lipinski definition) is 0. The van der Waals surface area contributed by atoms with Crippen molar-refractivity contribution in [3.63, 3.8) is 0 Å². The van der Waals surface area contributed by atoms with Crippen molar-refractivity contribution in [2.45, 2.75) is 104 Å². The van der Waals surface area contributed by atoms with Gasteiger partial charge in [-0.15, -0.1) is 0 Å². The van der Waals surface area contributed by atoms with Crippen LogP contribution in [0.25, 0.3) is 11.4 Å². The van der Waals surface area contributed by atoms with Crippen molar-refractivity contribution in [1.82, 2.24) is 9.97 Å². The van der Waals surface area contributed by atoms with Gasteiger partial charge in [0.25, 0.3) is 0 Å². The Kier molecular flexibility index (Phi) is 12.9. The van der Waals surface area contributed by atoms with Crippen molar-refractivity contribution >= 4 is 0 Å².